The first-order valence-corrected chi connectivity index (χ1v) is 16.9. The lowest BCUT2D eigenvalue weighted by Crippen LogP contribution is -1.92. The van der Waals surface area contributed by atoms with Crippen LogP contribution in [0.4, 0.5) is 0 Å². The fourth-order valence-electron chi connectivity index (χ4n) is 7.18. The third-order valence-electron chi connectivity index (χ3n) is 9.20. The molecule has 0 amide bonds. The Balaban J connectivity index is 1.15. The normalized spacial score (nSPS) is 12.0. The molecule has 10 rings (SSSR count). The highest BCUT2D eigenvalue weighted by molar-refractivity contribution is 7.27. The van der Waals surface area contributed by atoms with E-state index in [9.17, 15) is 0 Å². The molecule has 0 aliphatic rings. The lowest BCUT2D eigenvalue weighted by Gasteiger charge is -2.11. The molecule has 3 aromatic heterocycles. The van der Waals surface area contributed by atoms with E-state index in [1.54, 1.807) is 0 Å². The summed E-state index contributed by atoms with van der Waals surface area (Å²) in [5.74, 6) is 0. The van der Waals surface area contributed by atoms with Crippen molar-refractivity contribution in [3.63, 3.8) is 0 Å². The van der Waals surface area contributed by atoms with Crippen LogP contribution >= 0.6 is 22.7 Å². The van der Waals surface area contributed by atoms with E-state index >= 15 is 0 Å². The highest BCUT2D eigenvalue weighted by atomic mass is 32.1. The van der Waals surface area contributed by atoms with E-state index < -0.39 is 0 Å². The molecule has 45 heavy (non-hydrogen) atoms. The number of benzene rings is 7. The fraction of sp³-hybridized carbons (Fsp3) is 0. The molecule has 0 spiro atoms. The summed E-state index contributed by atoms with van der Waals surface area (Å²) in [4.78, 5) is 0. The first-order chi connectivity index (χ1) is 22.3. The fourth-order valence-corrected chi connectivity index (χ4v) is 9.60. The summed E-state index contributed by atoms with van der Waals surface area (Å²) in [6.45, 7) is 0. The lowest BCUT2D eigenvalue weighted by molar-refractivity contribution is 1.19. The average molecular weight is 608 g/mol. The molecule has 0 fully saturated rings. The third-order valence-corrected chi connectivity index (χ3v) is 11.5. The number of thiophene rings is 2. The molecule has 0 saturated heterocycles. The molecule has 0 radical (unpaired) electrons. The Hall–Kier alpha value is -5.22. The van der Waals surface area contributed by atoms with E-state index in [0.29, 0.717) is 0 Å². The van der Waals surface area contributed by atoms with Crippen molar-refractivity contribution in [2.24, 2.45) is 0 Å². The second-order valence-electron chi connectivity index (χ2n) is 11.7. The highest BCUT2D eigenvalue weighted by Crippen LogP contribution is 2.45. The molecule has 1 nitrogen and oxygen atoms in total. The van der Waals surface area contributed by atoms with Crippen molar-refractivity contribution in [1.29, 1.82) is 0 Å². The van der Waals surface area contributed by atoms with Crippen molar-refractivity contribution in [3.8, 4) is 27.9 Å². The molecule has 3 heteroatoms. The summed E-state index contributed by atoms with van der Waals surface area (Å²) >= 11 is 3.80. The zero-order chi connectivity index (χ0) is 29.5. The van der Waals surface area contributed by atoms with E-state index in [1.807, 2.05) is 22.7 Å². The molecular formula is C42H25NS2. The Morgan fingerprint density at radius 3 is 1.87 bits per heavy atom. The predicted molar refractivity (Wildman–Crippen MR) is 197 cm³/mol. The SMILES string of the molecule is c1ccc(-n2c3ccccc3c3sc4cc(-c5ccccc5-c5ccc6c(c5)sc5ccc7ccccc7c56)ccc4c32)cc1. The summed E-state index contributed by atoms with van der Waals surface area (Å²) in [5, 5.41) is 7.95. The van der Waals surface area contributed by atoms with Crippen molar-refractivity contribution in [1.82, 2.24) is 4.57 Å². The largest absolute Gasteiger partial charge is 0.308 e. The molecule has 10 aromatic rings. The number of rotatable bonds is 3. The van der Waals surface area contributed by atoms with Gasteiger partial charge in [-0.25, -0.2) is 0 Å². The summed E-state index contributed by atoms with van der Waals surface area (Å²) in [7, 11) is 0. The van der Waals surface area contributed by atoms with Crippen LogP contribution in [0.5, 0.6) is 0 Å². The first kappa shape index (κ1) is 25.1. The Morgan fingerprint density at radius 2 is 1.07 bits per heavy atom. The molecule has 0 saturated carbocycles. The predicted octanol–water partition coefficient (Wildman–Crippen LogP) is 12.9. The number of aromatic nitrogens is 1. The van der Waals surface area contributed by atoms with Gasteiger partial charge >= 0.3 is 0 Å². The number of hydrogen-bond acceptors (Lipinski definition) is 2. The minimum atomic E-state index is 1.20. The minimum Gasteiger partial charge on any atom is -0.308 e. The first-order valence-electron chi connectivity index (χ1n) is 15.3. The van der Waals surface area contributed by atoms with E-state index in [-0.39, 0.29) is 0 Å². The van der Waals surface area contributed by atoms with Crippen LogP contribution in [0, 0.1) is 0 Å². The summed E-state index contributed by atoms with van der Waals surface area (Å²) in [6, 6.07) is 55.7. The zero-order valence-electron chi connectivity index (χ0n) is 24.2. The topological polar surface area (TPSA) is 4.93 Å². The van der Waals surface area contributed by atoms with E-state index in [0.717, 1.165) is 0 Å². The van der Waals surface area contributed by atoms with Gasteiger partial charge in [-0.05, 0) is 69.4 Å². The van der Waals surface area contributed by atoms with Crippen LogP contribution in [0.25, 0.3) is 90.1 Å². The molecule has 3 heterocycles. The second kappa shape index (κ2) is 9.64. The maximum Gasteiger partial charge on any atom is 0.0727 e. The molecule has 0 aliphatic carbocycles. The van der Waals surface area contributed by atoms with Gasteiger partial charge in [-0.1, -0.05) is 115 Å². The van der Waals surface area contributed by atoms with Gasteiger partial charge < -0.3 is 4.57 Å². The molecule has 0 unspecified atom stereocenters. The Bertz CT molecular complexity index is 2760. The summed E-state index contributed by atoms with van der Waals surface area (Å²) in [6.07, 6.45) is 0. The quantitative estimate of drug-likeness (QED) is 0.188. The van der Waals surface area contributed by atoms with Crippen LogP contribution < -0.4 is 0 Å². The van der Waals surface area contributed by atoms with Crippen LogP contribution in [0.1, 0.15) is 0 Å². The van der Waals surface area contributed by atoms with Gasteiger partial charge in [0.1, 0.15) is 0 Å². The Labute approximate surface area is 267 Å². The molecule has 7 aromatic carbocycles. The molecular weight excluding hydrogens is 583 g/mol. The van der Waals surface area contributed by atoms with Gasteiger partial charge in [-0.3, -0.25) is 0 Å². The van der Waals surface area contributed by atoms with Gasteiger partial charge in [0, 0.05) is 41.3 Å². The summed E-state index contributed by atoms with van der Waals surface area (Å²) < 4.78 is 7.77. The smallest absolute Gasteiger partial charge is 0.0727 e. The van der Waals surface area contributed by atoms with Gasteiger partial charge in [-0.2, -0.15) is 0 Å². The van der Waals surface area contributed by atoms with E-state index in [2.05, 4.69) is 156 Å². The lowest BCUT2D eigenvalue weighted by atomic mass is 9.93. The van der Waals surface area contributed by atoms with Crippen LogP contribution in [-0.2, 0) is 0 Å². The molecule has 210 valence electrons. The molecule has 0 aliphatic heterocycles. The number of para-hydroxylation sites is 2. The van der Waals surface area contributed by atoms with Crippen LogP contribution in [0.2, 0.25) is 0 Å². The van der Waals surface area contributed by atoms with Crippen molar-refractivity contribution >= 4 is 84.8 Å². The van der Waals surface area contributed by atoms with Crippen molar-refractivity contribution in [3.05, 3.63) is 152 Å². The van der Waals surface area contributed by atoms with E-state index in [4.69, 9.17) is 0 Å². The second-order valence-corrected chi connectivity index (χ2v) is 13.8. The Kier molecular flexibility index (Phi) is 5.39. The van der Waals surface area contributed by atoms with Gasteiger partial charge in [0.25, 0.3) is 0 Å². The standard InChI is InChI=1S/C42H25NS2/c1-2-11-29(12-3-1)43-36-17-9-8-16-33(36)42-41(43)35-22-19-28(25-39(35)45-42)31-14-7-6-13-30(31)27-18-21-34-38(24-27)44-37-23-20-26-10-4-5-15-32(26)40(34)37/h1-25H. The van der Waals surface area contributed by atoms with E-state index in [1.165, 1.54) is 90.1 Å². The van der Waals surface area contributed by atoms with Crippen LogP contribution in [0.15, 0.2) is 152 Å². The zero-order valence-corrected chi connectivity index (χ0v) is 25.8. The van der Waals surface area contributed by atoms with Gasteiger partial charge in [0.2, 0.25) is 0 Å². The monoisotopic (exact) mass is 607 g/mol. The van der Waals surface area contributed by atoms with Crippen molar-refractivity contribution in [2.45, 2.75) is 0 Å². The summed E-state index contributed by atoms with van der Waals surface area (Å²) in [5.41, 5.74) is 8.78. The van der Waals surface area contributed by atoms with Crippen LogP contribution in [-0.4, -0.2) is 4.57 Å². The van der Waals surface area contributed by atoms with Crippen molar-refractivity contribution < 1.29 is 0 Å². The number of hydrogen-bond donors (Lipinski definition) is 0. The maximum atomic E-state index is 2.43. The molecule has 0 bridgehead atoms. The minimum absolute atomic E-state index is 1.20. The van der Waals surface area contributed by atoms with Crippen LogP contribution in [0.3, 0.4) is 0 Å². The molecule has 0 atom stereocenters. The van der Waals surface area contributed by atoms with Crippen molar-refractivity contribution in [2.75, 3.05) is 0 Å². The maximum absolute atomic E-state index is 2.43. The average Bonchev–Trinajstić information content (AvgIpc) is 3.77. The Morgan fingerprint density at radius 1 is 0.422 bits per heavy atom. The highest BCUT2D eigenvalue weighted by Gasteiger charge is 2.19. The van der Waals surface area contributed by atoms with Gasteiger partial charge in [-0.15, -0.1) is 22.7 Å². The van der Waals surface area contributed by atoms with Gasteiger partial charge in [0.05, 0.1) is 15.7 Å². The number of fused-ring (bicyclic) bond motifs is 10. The third kappa shape index (κ3) is 3.72. The number of nitrogens with zero attached hydrogens (tertiary/aromatic N) is 1. The van der Waals surface area contributed by atoms with Gasteiger partial charge in [0.15, 0.2) is 0 Å². The molecule has 0 N–H and O–H groups in total.